The van der Waals surface area contributed by atoms with E-state index in [2.05, 4.69) is 26.3 Å². The van der Waals surface area contributed by atoms with Gasteiger partial charge in [-0.1, -0.05) is 6.07 Å². The topological polar surface area (TPSA) is 167 Å². The zero-order valence-corrected chi connectivity index (χ0v) is 18.5. The van der Waals surface area contributed by atoms with Crippen molar-refractivity contribution in [2.24, 2.45) is 0 Å². The van der Waals surface area contributed by atoms with E-state index in [0.717, 1.165) is 10.9 Å². The maximum absolute atomic E-state index is 12.4. The van der Waals surface area contributed by atoms with Crippen LogP contribution in [0.1, 0.15) is 33.6 Å². The van der Waals surface area contributed by atoms with E-state index in [-0.39, 0.29) is 12.8 Å². The van der Waals surface area contributed by atoms with Gasteiger partial charge >= 0.3 is 5.97 Å². The Labute approximate surface area is 190 Å². The van der Waals surface area contributed by atoms with Crippen molar-refractivity contribution >= 4 is 46.2 Å². The number of aliphatic carboxylic acids is 1. The Kier molecular flexibility index (Phi) is 8.84. The van der Waals surface area contributed by atoms with Gasteiger partial charge in [-0.15, -0.1) is 0 Å². The highest BCUT2D eigenvalue weighted by atomic mass is 16.4. The minimum Gasteiger partial charge on any atom is -0.481 e. The largest absolute Gasteiger partial charge is 0.481 e. The van der Waals surface area contributed by atoms with E-state index in [4.69, 9.17) is 5.11 Å². The number of anilines is 1. The first-order valence-corrected chi connectivity index (χ1v) is 10.3. The number of nitrogens with one attached hydrogen (secondary N) is 4. The van der Waals surface area contributed by atoms with Gasteiger partial charge < -0.3 is 26.4 Å². The normalized spacial score (nSPS) is 13.3. The van der Waals surface area contributed by atoms with E-state index in [1.165, 1.54) is 20.8 Å². The number of carboxylic acids is 1. The van der Waals surface area contributed by atoms with Gasteiger partial charge in [-0.25, -0.2) is 0 Å². The van der Waals surface area contributed by atoms with Crippen LogP contribution < -0.4 is 21.3 Å². The molecule has 176 valence electrons. The van der Waals surface area contributed by atoms with Crippen LogP contribution in [0.2, 0.25) is 0 Å². The lowest BCUT2D eigenvalue weighted by Crippen LogP contribution is -2.54. The van der Waals surface area contributed by atoms with Crippen molar-refractivity contribution < 1.29 is 29.1 Å². The molecule has 0 aliphatic rings. The van der Waals surface area contributed by atoms with E-state index >= 15 is 0 Å². The highest BCUT2D eigenvalue weighted by molar-refractivity contribution is 5.99. The molecule has 1 heterocycles. The molecule has 1 aromatic heterocycles. The Bertz CT molecular complexity index is 1060. The van der Waals surface area contributed by atoms with Crippen molar-refractivity contribution in [3.05, 3.63) is 36.5 Å². The van der Waals surface area contributed by atoms with Crippen molar-refractivity contribution in [3.8, 4) is 0 Å². The molecule has 3 atom stereocenters. The van der Waals surface area contributed by atoms with Crippen LogP contribution in [0, 0.1) is 0 Å². The summed E-state index contributed by atoms with van der Waals surface area (Å²) in [5.41, 5.74) is 1.34. The predicted molar refractivity (Wildman–Crippen MR) is 120 cm³/mol. The molecule has 0 unspecified atom stereocenters. The minimum absolute atomic E-state index is 0.261. The molecular formula is C22H27N5O6. The molecule has 33 heavy (non-hydrogen) atoms. The zero-order chi connectivity index (χ0) is 24.5. The fraction of sp³-hybridized carbons (Fsp3) is 0.364. The summed E-state index contributed by atoms with van der Waals surface area (Å²) in [6.45, 7) is 4.36. The molecule has 0 saturated carbocycles. The molecule has 0 fully saturated rings. The second-order valence-electron chi connectivity index (χ2n) is 7.54. The Hall–Kier alpha value is -4.02. The van der Waals surface area contributed by atoms with Gasteiger partial charge in [-0.3, -0.25) is 29.0 Å². The molecule has 2 aromatic rings. The Morgan fingerprint density at radius 1 is 0.848 bits per heavy atom. The Morgan fingerprint density at radius 2 is 1.45 bits per heavy atom. The third-order valence-corrected chi connectivity index (χ3v) is 4.71. The minimum atomic E-state index is -1.12. The van der Waals surface area contributed by atoms with Crippen molar-refractivity contribution in [3.63, 3.8) is 0 Å². The van der Waals surface area contributed by atoms with Crippen molar-refractivity contribution in [1.82, 2.24) is 20.9 Å². The number of aromatic nitrogens is 1. The molecule has 2 rings (SSSR count). The molecule has 4 amide bonds. The van der Waals surface area contributed by atoms with Crippen LogP contribution in [0.3, 0.4) is 0 Å². The molecule has 0 radical (unpaired) electrons. The lowest BCUT2D eigenvalue weighted by molar-refractivity contribution is -0.139. The van der Waals surface area contributed by atoms with Gasteiger partial charge in [0.15, 0.2) is 0 Å². The number of hydrogen-bond acceptors (Lipinski definition) is 6. The monoisotopic (exact) mass is 457 g/mol. The van der Waals surface area contributed by atoms with Crippen LogP contribution in [0.4, 0.5) is 5.69 Å². The number of benzene rings is 1. The van der Waals surface area contributed by atoms with Crippen molar-refractivity contribution in [2.75, 3.05) is 5.32 Å². The fourth-order valence-electron chi connectivity index (χ4n) is 2.81. The number of nitrogens with zero attached hydrogens (tertiary/aromatic N) is 1. The van der Waals surface area contributed by atoms with Gasteiger partial charge in [0.1, 0.15) is 18.1 Å². The van der Waals surface area contributed by atoms with E-state index in [9.17, 15) is 24.0 Å². The average Bonchev–Trinajstić information content (AvgIpc) is 2.77. The summed E-state index contributed by atoms with van der Waals surface area (Å²) < 4.78 is 0. The van der Waals surface area contributed by atoms with E-state index in [1.807, 2.05) is 6.07 Å². The fourth-order valence-corrected chi connectivity index (χ4v) is 2.81. The van der Waals surface area contributed by atoms with Crippen LogP contribution in [0.15, 0.2) is 36.5 Å². The molecule has 1 aromatic carbocycles. The molecule has 11 heteroatoms. The summed E-state index contributed by atoms with van der Waals surface area (Å²) in [4.78, 5) is 63.4. The number of carbonyl (C=O) groups is 5. The SMILES string of the molecule is C[C@H](NC(=O)CCC(=O)O)C(=O)N[C@@H](C)C(=O)N[C@@H](C)C(=O)Nc1ccc2ncccc2c1. The molecule has 0 bridgehead atoms. The molecule has 0 saturated heterocycles. The number of carboxylic acid groups (broad SMARTS) is 1. The molecule has 0 aliphatic carbocycles. The summed E-state index contributed by atoms with van der Waals surface area (Å²) >= 11 is 0. The Balaban J connectivity index is 1.83. The first kappa shape index (κ1) is 25.2. The van der Waals surface area contributed by atoms with E-state index in [1.54, 1.807) is 30.5 Å². The predicted octanol–water partition coefficient (Wildman–Crippen LogP) is 0.552. The number of fused-ring (bicyclic) bond motifs is 1. The third kappa shape index (κ3) is 7.87. The number of carbonyl (C=O) groups excluding carboxylic acids is 4. The third-order valence-electron chi connectivity index (χ3n) is 4.71. The average molecular weight is 457 g/mol. The zero-order valence-electron chi connectivity index (χ0n) is 18.5. The standard InChI is InChI=1S/C22H27N5O6/c1-12(24-18(28)8-9-19(29)30)20(31)25-13(2)21(32)26-14(3)22(33)27-16-6-7-17-15(11-16)5-4-10-23-17/h4-7,10-14H,8-9H2,1-3H3,(H,24,28)(H,25,31)(H,26,32)(H,27,33)(H,29,30)/t12-,13-,14-/m0/s1. The molecule has 0 aliphatic heterocycles. The number of pyridine rings is 1. The maximum atomic E-state index is 12.4. The van der Waals surface area contributed by atoms with Gasteiger partial charge in [-0.2, -0.15) is 0 Å². The summed E-state index contributed by atoms with van der Waals surface area (Å²) in [5, 5.41) is 19.5. The summed E-state index contributed by atoms with van der Waals surface area (Å²) in [6.07, 6.45) is 1.06. The Morgan fingerprint density at radius 3 is 2.09 bits per heavy atom. The highest BCUT2D eigenvalue weighted by Gasteiger charge is 2.24. The van der Waals surface area contributed by atoms with Crippen LogP contribution in [-0.2, 0) is 24.0 Å². The lowest BCUT2D eigenvalue weighted by atomic mass is 10.2. The van der Waals surface area contributed by atoms with E-state index < -0.39 is 47.7 Å². The smallest absolute Gasteiger partial charge is 0.303 e. The number of hydrogen-bond donors (Lipinski definition) is 5. The van der Waals surface area contributed by atoms with Gasteiger partial charge in [0.25, 0.3) is 0 Å². The van der Waals surface area contributed by atoms with Crippen LogP contribution in [0.5, 0.6) is 0 Å². The summed E-state index contributed by atoms with van der Waals surface area (Å²) in [7, 11) is 0. The first-order chi connectivity index (χ1) is 15.6. The number of amides is 4. The van der Waals surface area contributed by atoms with Gasteiger partial charge in [0.2, 0.25) is 23.6 Å². The summed E-state index contributed by atoms with van der Waals surface area (Å²) in [5.74, 6) is -3.36. The van der Waals surface area contributed by atoms with E-state index in [0.29, 0.717) is 5.69 Å². The molecule has 0 spiro atoms. The van der Waals surface area contributed by atoms with Crippen molar-refractivity contribution in [2.45, 2.75) is 51.7 Å². The molecular weight excluding hydrogens is 430 g/mol. The maximum Gasteiger partial charge on any atom is 0.303 e. The second-order valence-corrected chi connectivity index (χ2v) is 7.54. The quantitative estimate of drug-likeness (QED) is 0.347. The molecule has 11 nitrogen and oxygen atoms in total. The number of rotatable bonds is 10. The van der Waals surface area contributed by atoms with Crippen LogP contribution >= 0.6 is 0 Å². The van der Waals surface area contributed by atoms with Gasteiger partial charge in [0, 0.05) is 23.7 Å². The van der Waals surface area contributed by atoms with Gasteiger partial charge in [-0.05, 0) is 45.0 Å². The van der Waals surface area contributed by atoms with Crippen molar-refractivity contribution in [1.29, 1.82) is 0 Å². The second kappa shape index (κ2) is 11.6. The van der Waals surface area contributed by atoms with Crippen LogP contribution in [0.25, 0.3) is 10.9 Å². The van der Waals surface area contributed by atoms with Crippen LogP contribution in [-0.4, -0.2) is 57.8 Å². The van der Waals surface area contributed by atoms with Gasteiger partial charge in [0.05, 0.1) is 11.9 Å². The lowest BCUT2D eigenvalue weighted by Gasteiger charge is -2.20. The summed E-state index contributed by atoms with van der Waals surface area (Å²) in [6, 6.07) is 6.07. The molecule has 5 N–H and O–H groups in total. The highest BCUT2D eigenvalue weighted by Crippen LogP contribution is 2.17. The first-order valence-electron chi connectivity index (χ1n) is 10.3.